The smallest absolute Gasteiger partial charge is 0.314 e. The van der Waals surface area contributed by atoms with Gasteiger partial charge in [-0.15, -0.1) is 0 Å². The molecule has 0 saturated carbocycles. The maximum absolute atomic E-state index is 12.7. The Morgan fingerprint density at radius 1 is 1.05 bits per heavy atom. The first kappa shape index (κ1) is 15.4. The van der Waals surface area contributed by atoms with Crippen LogP contribution >= 0.6 is 0 Å². The average Bonchev–Trinajstić information content (AvgIpc) is 2.41. The van der Waals surface area contributed by atoms with Crippen LogP contribution in [0.15, 0.2) is 24.3 Å². The molecule has 0 heterocycles. The van der Waals surface area contributed by atoms with Gasteiger partial charge in [0.1, 0.15) is 5.82 Å². The number of amides is 2. The largest absolute Gasteiger partial charge is 0.396 e. The van der Waals surface area contributed by atoms with Crippen molar-refractivity contribution in [3.8, 4) is 0 Å². The van der Waals surface area contributed by atoms with Gasteiger partial charge < -0.3 is 15.7 Å². The van der Waals surface area contributed by atoms with Crippen molar-refractivity contribution in [2.24, 2.45) is 0 Å². The van der Waals surface area contributed by atoms with E-state index in [-0.39, 0.29) is 18.5 Å². The lowest BCUT2D eigenvalue weighted by Crippen LogP contribution is -2.37. The highest BCUT2D eigenvalue weighted by Gasteiger charge is 1.99. The Hall–Kier alpha value is -1.62. The third-order valence-corrected chi connectivity index (χ3v) is 2.73. The summed E-state index contributed by atoms with van der Waals surface area (Å²) in [6, 6.07) is 6.06. The normalized spacial score (nSPS) is 10.2. The fourth-order valence-corrected chi connectivity index (χ4v) is 1.65. The summed E-state index contributed by atoms with van der Waals surface area (Å²) >= 11 is 0. The molecule has 0 aromatic heterocycles. The highest BCUT2D eigenvalue weighted by Crippen LogP contribution is 2.02. The molecule has 0 unspecified atom stereocenters. The molecular formula is C14H21FN2O2. The van der Waals surface area contributed by atoms with Crippen LogP contribution in [0.3, 0.4) is 0 Å². The van der Waals surface area contributed by atoms with Gasteiger partial charge >= 0.3 is 6.03 Å². The number of hydrogen-bond acceptors (Lipinski definition) is 2. The standard InChI is InChI=1S/C14H21FN2O2/c15-13-6-4-12(5-7-13)8-10-17-14(19)16-9-2-1-3-11-18/h4-7,18H,1-3,8-11H2,(H2,16,17,19). The maximum atomic E-state index is 12.7. The lowest BCUT2D eigenvalue weighted by molar-refractivity contribution is 0.240. The second kappa shape index (κ2) is 9.33. The van der Waals surface area contributed by atoms with Crippen LogP contribution in [0.4, 0.5) is 9.18 Å². The quantitative estimate of drug-likeness (QED) is 0.630. The fraction of sp³-hybridized carbons (Fsp3) is 0.500. The van der Waals surface area contributed by atoms with Crippen LogP contribution in [0.25, 0.3) is 0 Å². The number of benzene rings is 1. The molecule has 0 atom stereocenters. The summed E-state index contributed by atoms with van der Waals surface area (Å²) < 4.78 is 12.7. The Labute approximate surface area is 113 Å². The zero-order valence-electron chi connectivity index (χ0n) is 11.0. The molecule has 106 valence electrons. The van der Waals surface area contributed by atoms with Crippen molar-refractivity contribution in [2.75, 3.05) is 19.7 Å². The number of rotatable bonds is 8. The molecule has 0 spiro atoms. The van der Waals surface area contributed by atoms with Crippen LogP contribution in [0.2, 0.25) is 0 Å². The molecule has 5 heteroatoms. The van der Waals surface area contributed by atoms with E-state index in [2.05, 4.69) is 10.6 Å². The van der Waals surface area contributed by atoms with Crippen molar-refractivity contribution in [3.05, 3.63) is 35.6 Å². The Bertz CT molecular complexity index is 368. The molecule has 19 heavy (non-hydrogen) atoms. The van der Waals surface area contributed by atoms with E-state index < -0.39 is 0 Å². The van der Waals surface area contributed by atoms with Gasteiger partial charge in [0.2, 0.25) is 0 Å². The van der Waals surface area contributed by atoms with Crippen molar-refractivity contribution < 1.29 is 14.3 Å². The molecule has 1 aromatic rings. The van der Waals surface area contributed by atoms with E-state index in [1.807, 2.05) is 0 Å². The molecule has 0 bridgehead atoms. The van der Waals surface area contributed by atoms with Crippen LogP contribution in [-0.4, -0.2) is 30.8 Å². The van der Waals surface area contributed by atoms with Crippen LogP contribution in [0.5, 0.6) is 0 Å². The maximum Gasteiger partial charge on any atom is 0.314 e. The summed E-state index contributed by atoms with van der Waals surface area (Å²) in [5, 5.41) is 14.1. The van der Waals surface area contributed by atoms with Gasteiger partial charge in [-0.2, -0.15) is 0 Å². The van der Waals surface area contributed by atoms with E-state index in [4.69, 9.17) is 5.11 Å². The van der Waals surface area contributed by atoms with Crippen LogP contribution < -0.4 is 10.6 Å². The fourth-order valence-electron chi connectivity index (χ4n) is 1.65. The van der Waals surface area contributed by atoms with Crippen LogP contribution in [0.1, 0.15) is 24.8 Å². The summed E-state index contributed by atoms with van der Waals surface area (Å²) in [4.78, 5) is 11.4. The first-order valence-electron chi connectivity index (χ1n) is 6.59. The second-order valence-corrected chi connectivity index (χ2v) is 4.34. The first-order valence-corrected chi connectivity index (χ1v) is 6.59. The molecule has 4 nitrogen and oxygen atoms in total. The molecule has 2 amide bonds. The van der Waals surface area contributed by atoms with Gasteiger partial charge in [0, 0.05) is 19.7 Å². The number of unbranched alkanes of at least 4 members (excludes halogenated alkanes) is 2. The third kappa shape index (κ3) is 7.41. The van der Waals surface area contributed by atoms with Crippen molar-refractivity contribution in [1.29, 1.82) is 0 Å². The number of hydrogen-bond donors (Lipinski definition) is 3. The molecule has 1 rings (SSSR count). The molecular weight excluding hydrogens is 247 g/mol. The van der Waals surface area contributed by atoms with Gasteiger partial charge in [-0.1, -0.05) is 12.1 Å². The van der Waals surface area contributed by atoms with Crippen molar-refractivity contribution >= 4 is 6.03 Å². The van der Waals surface area contributed by atoms with Crippen LogP contribution in [0, 0.1) is 5.82 Å². The summed E-state index contributed by atoms with van der Waals surface area (Å²) in [5.41, 5.74) is 0.990. The topological polar surface area (TPSA) is 61.4 Å². The second-order valence-electron chi connectivity index (χ2n) is 4.34. The van der Waals surface area contributed by atoms with Crippen molar-refractivity contribution in [1.82, 2.24) is 10.6 Å². The molecule has 0 aliphatic rings. The minimum atomic E-state index is -0.252. The van der Waals surface area contributed by atoms with E-state index in [0.717, 1.165) is 24.8 Å². The zero-order chi connectivity index (χ0) is 13.9. The molecule has 0 fully saturated rings. The Morgan fingerprint density at radius 3 is 2.42 bits per heavy atom. The van der Waals surface area contributed by atoms with Gasteiger partial charge in [-0.3, -0.25) is 0 Å². The Kier molecular flexibility index (Phi) is 7.58. The summed E-state index contributed by atoms with van der Waals surface area (Å²) in [6.07, 6.45) is 3.23. The van der Waals surface area contributed by atoms with E-state index in [1.54, 1.807) is 12.1 Å². The van der Waals surface area contributed by atoms with Gasteiger partial charge in [-0.05, 0) is 43.4 Å². The number of urea groups is 1. The summed E-state index contributed by atoms with van der Waals surface area (Å²) in [6.45, 7) is 1.33. The number of carbonyl (C=O) groups excluding carboxylic acids is 1. The Balaban J connectivity index is 2.05. The van der Waals surface area contributed by atoms with Crippen molar-refractivity contribution in [3.63, 3.8) is 0 Å². The van der Waals surface area contributed by atoms with E-state index >= 15 is 0 Å². The molecule has 1 aromatic carbocycles. The molecule has 0 saturated heterocycles. The van der Waals surface area contributed by atoms with E-state index in [0.29, 0.717) is 19.5 Å². The number of aliphatic hydroxyl groups excluding tert-OH is 1. The lowest BCUT2D eigenvalue weighted by atomic mass is 10.1. The third-order valence-electron chi connectivity index (χ3n) is 2.73. The van der Waals surface area contributed by atoms with Crippen molar-refractivity contribution in [2.45, 2.75) is 25.7 Å². The highest BCUT2D eigenvalue weighted by atomic mass is 19.1. The highest BCUT2D eigenvalue weighted by molar-refractivity contribution is 5.73. The monoisotopic (exact) mass is 268 g/mol. The number of carbonyl (C=O) groups is 1. The van der Waals surface area contributed by atoms with Gasteiger partial charge in [0.05, 0.1) is 0 Å². The summed E-state index contributed by atoms with van der Waals surface area (Å²) in [7, 11) is 0. The average molecular weight is 268 g/mol. The number of halogens is 1. The van der Waals surface area contributed by atoms with Crippen LogP contribution in [-0.2, 0) is 6.42 Å². The SMILES string of the molecule is O=C(NCCCCCO)NCCc1ccc(F)cc1. The predicted octanol–water partition coefficient (Wildman–Crippen LogP) is 1.83. The van der Waals surface area contributed by atoms with Gasteiger partial charge in [0.25, 0.3) is 0 Å². The zero-order valence-corrected chi connectivity index (χ0v) is 11.0. The minimum Gasteiger partial charge on any atom is -0.396 e. The number of aliphatic hydroxyl groups is 1. The summed E-state index contributed by atoms with van der Waals surface area (Å²) in [5.74, 6) is -0.252. The van der Waals surface area contributed by atoms with E-state index in [9.17, 15) is 9.18 Å². The Morgan fingerprint density at radius 2 is 1.74 bits per heavy atom. The number of nitrogens with one attached hydrogen (secondary N) is 2. The molecule has 0 aliphatic carbocycles. The van der Waals surface area contributed by atoms with Gasteiger partial charge in [-0.25, -0.2) is 9.18 Å². The minimum absolute atomic E-state index is 0.189. The molecule has 3 N–H and O–H groups in total. The predicted molar refractivity (Wildman–Crippen MR) is 72.4 cm³/mol. The molecule has 0 radical (unpaired) electrons. The van der Waals surface area contributed by atoms with Gasteiger partial charge in [0.15, 0.2) is 0 Å². The van der Waals surface area contributed by atoms with E-state index in [1.165, 1.54) is 12.1 Å². The first-order chi connectivity index (χ1) is 9.22. The lowest BCUT2D eigenvalue weighted by Gasteiger charge is -2.07. The molecule has 0 aliphatic heterocycles.